The average Bonchev–Trinajstić information content (AvgIpc) is 2.72. The molecule has 0 saturated heterocycles. The molecule has 0 spiro atoms. The molecule has 1 heterocycles. The lowest BCUT2D eigenvalue weighted by Crippen LogP contribution is -2.22. The van der Waals surface area contributed by atoms with Crippen LogP contribution in [0, 0.1) is 5.82 Å². The molecule has 0 saturated carbocycles. The fourth-order valence-electron chi connectivity index (χ4n) is 2.65. The predicted octanol–water partition coefficient (Wildman–Crippen LogP) is 3.42. The number of sulfonamides is 1. The van der Waals surface area contributed by atoms with Crippen LogP contribution in [0.15, 0.2) is 77.8 Å². The molecule has 2 aromatic carbocycles. The Morgan fingerprint density at radius 3 is 2.34 bits per heavy atom. The van der Waals surface area contributed by atoms with Crippen LogP contribution in [-0.4, -0.2) is 37.8 Å². The smallest absolute Gasteiger partial charge is 0.339 e. The van der Waals surface area contributed by atoms with E-state index in [4.69, 9.17) is 4.74 Å². The van der Waals surface area contributed by atoms with Crippen LogP contribution in [0.4, 0.5) is 4.39 Å². The van der Waals surface area contributed by atoms with Gasteiger partial charge in [0.15, 0.2) is 6.10 Å². The Morgan fingerprint density at radius 1 is 1.03 bits per heavy atom. The maximum Gasteiger partial charge on any atom is 0.339 e. The largest absolute Gasteiger partial charge is 0.447 e. The summed E-state index contributed by atoms with van der Waals surface area (Å²) in [6.45, 7) is 0. The number of ether oxygens (including phenoxy) is 1. The zero-order chi connectivity index (χ0) is 21.0. The molecule has 8 heteroatoms. The van der Waals surface area contributed by atoms with E-state index in [9.17, 15) is 17.6 Å². The van der Waals surface area contributed by atoms with Gasteiger partial charge < -0.3 is 4.74 Å². The molecular weight excluding hydrogens is 395 g/mol. The first-order valence-electron chi connectivity index (χ1n) is 8.69. The maximum atomic E-state index is 13.7. The Hall–Kier alpha value is -3.10. The normalized spacial score (nSPS) is 12.6. The van der Waals surface area contributed by atoms with Crippen LogP contribution in [0.5, 0.6) is 0 Å². The van der Waals surface area contributed by atoms with Gasteiger partial charge in [0.05, 0.1) is 16.2 Å². The molecular formula is C21H19FN2O4S. The number of benzene rings is 2. The Morgan fingerprint density at radius 2 is 1.76 bits per heavy atom. The third-order valence-electron chi connectivity index (χ3n) is 4.20. The molecule has 0 fully saturated rings. The fraction of sp³-hybridized carbons (Fsp3) is 0.143. The van der Waals surface area contributed by atoms with Crippen LogP contribution in [0.3, 0.4) is 0 Å². The lowest BCUT2D eigenvalue weighted by molar-refractivity contribution is 0.0370. The molecule has 29 heavy (non-hydrogen) atoms. The molecule has 0 radical (unpaired) electrons. The quantitative estimate of drug-likeness (QED) is 0.578. The highest BCUT2D eigenvalue weighted by molar-refractivity contribution is 7.89. The first kappa shape index (κ1) is 20.6. The number of pyridine rings is 1. The number of hydrogen-bond acceptors (Lipinski definition) is 5. The molecule has 1 aromatic heterocycles. The molecule has 0 N–H and O–H groups in total. The zero-order valence-electron chi connectivity index (χ0n) is 15.8. The summed E-state index contributed by atoms with van der Waals surface area (Å²) in [6.07, 6.45) is 0.640. The number of rotatable bonds is 6. The van der Waals surface area contributed by atoms with E-state index >= 15 is 0 Å². The molecule has 0 aliphatic carbocycles. The van der Waals surface area contributed by atoms with E-state index in [-0.39, 0.29) is 10.5 Å². The van der Waals surface area contributed by atoms with E-state index in [1.165, 1.54) is 56.6 Å². The Kier molecular flexibility index (Phi) is 6.05. The highest BCUT2D eigenvalue weighted by atomic mass is 32.2. The van der Waals surface area contributed by atoms with Crippen molar-refractivity contribution in [3.05, 3.63) is 95.6 Å². The number of aromatic nitrogens is 1. The van der Waals surface area contributed by atoms with Crippen molar-refractivity contribution in [1.29, 1.82) is 0 Å². The van der Waals surface area contributed by atoms with Crippen LogP contribution in [0.1, 0.15) is 27.7 Å². The highest BCUT2D eigenvalue weighted by Gasteiger charge is 2.23. The second kappa shape index (κ2) is 8.50. The standard InChI is InChI=1S/C21H19FN2O4S/c1-24(2)29(26,27)18-11-9-15(10-12-18)21(25)28-20(19-8-3-4-13-23-19)16-6-5-7-17(22)14-16/h3-14,20H,1-2H3. The number of carbonyl (C=O) groups is 1. The Bertz CT molecular complexity index is 1100. The van der Waals surface area contributed by atoms with Gasteiger partial charge >= 0.3 is 5.97 Å². The van der Waals surface area contributed by atoms with Gasteiger partial charge in [-0.15, -0.1) is 0 Å². The molecule has 0 bridgehead atoms. The van der Waals surface area contributed by atoms with Gasteiger partial charge in [0.1, 0.15) is 5.82 Å². The van der Waals surface area contributed by atoms with Crippen molar-refractivity contribution < 1.29 is 22.3 Å². The third kappa shape index (κ3) is 4.67. The van der Waals surface area contributed by atoms with Gasteiger partial charge in [-0.1, -0.05) is 18.2 Å². The van der Waals surface area contributed by atoms with Crippen LogP contribution in [0.25, 0.3) is 0 Å². The molecule has 3 aromatic rings. The minimum Gasteiger partial charge on any atom is -0.447 e. The number of nitrogens with zero attached hydrogens (tertiary/aromatic N) is 2. The van der Waals surface area contributed by atoms with E-state index in [0.717, 1.165) is 4.31 Å². The van der Waals surface area contributed by atoms with E-state index in [0.29, 0.717) is 11.3 Å². The molecule has 6 nitrogen and oxygen atoms in total. The number of carbonyl (C=O) groups excluding carboxylic acids is 1. The van der Waals surface area contributed by atoms with Crippen LogP contribution in [-0.2, 0) is 14.8 Å². The van der Waals surface area contributed by atoms with Gasteiger partial charge in [-0.05, 0) is 48.5 Å². The average molecular weight is 414 g/mol. The van der Waals surface area contributed by atoms with Crippen molar-refractivity contribution in [2.45, 2.75) is 11.0 Å². The van der Waals surface area contributed by atoms with E-state index in [1.807, 2.05) is 0 Å². The van der Waals surface area contributed by atoms with Gasteiger partial charge in [-0.2, -0.15) is 0 Å². The van der Waals surface area contributed by atoms with Crippen molar-refractivity contribution in [3.8, 4) is 0 Å². The van der Waals surface area contributed by atoms with Crippen LogP contribution in [0.2, 0.25) is 0 Å². The molecule has 0 aliphatic rings. The lowest BCUT2D eigenvalue weighted by atomic mass is 10.1. The predicted molar refractivity (Wildman–Crippen MR) is 105 cm³/mol. The summed E-state index contributed by atoms with van der Waals surface area (Å²) in [4.78, 5) is 17.0. The SMILES string of the molecule is CN(C)S(=O)(=O)c1ccc(C(=O)OC(c2cccc(F)c2)c2ccccn2)cc1. The summed E-state index contributed by atoms with van der Waals surface area (Å²) in [7, 11) is -0.754. The van der Waals surface area contributed by atoms with Gasteiger partial charge in [0, 0.05) is 25.9 Å². The highest BCUT2D eigenvalue weighted by Crippen LogP contribution is 2.26. The number of halogens is 1. The zero-order valence-corrected chi connectivity index (χ0v) is 16.6. The van der Waals surface area contributed by atoms with Crippen molar-refractivity contribution in [2.75, 3.05) is 14.1 Å². The lowest BCUT2D eigenvalue weighted by Gasteiger charge is -2.18. The monoisotopic (exact) mass is 414 g/mol. The van der Waals surface area contributed by atoms with Crippen molar-refractivity contribution in [2.24, 2.45) is 0 Å². The fourth-order valence-corrected chi connectivity index (χ4v) is 3.55. The third-order valence-corrected chi connectivity index (χ3v) is 6.03. The van der Waals surface area contributed by atoms with E-state index < -0.39 is 27.9 Å². The second-order valence-corrected chi connectivity index (χ2v) is 8.56. The number of esters is 1. The molecule has 0 aliphatic heterocycles. The van der Waals surface area contributed by atoms with Crippen molar-refractivity contribution >= 4 is 16.0 Å². The summed E-state index contributed by atoms with van der Waals surface area (Å²) in [6, 6.07) is 16.3. The van der Waals surface area contributed by atoms with Crippen molar-refractivity contribution in [3.63, 3.8) is 0 Å². The second-order valence-electron chi connectivity index (χ2n) is 6.41. The summed E-state index contributed by atoms with van der Waals surface area (Å²) < 4.78 is 44.7. The Labute approximate surface area is 168 Å². The summed E-state index contributed by atoms with van der Waals surface area (Å²) in [5, 5.41) is 0. The molecule has 1 unspecified atom stereocenters. The van der Waals surface area contributed by atoms with Gasteiger partial charge in [-0.3, -0.25) is 4.98 Å². The molecule has 3 rings (SSSR count). The van der Waals surface area contributed by atoms with Crippen LogP contribution >= 0.6 is 0 Å². The minimum atomic E-state index is -3.60. The molecule has 1 atom stereocenters. The maximum absolute atomic E-state index is 13.7. The van der Waals surface area contributed by atoms with Gasteiger partial charge in [-0.25, -0.2) is 21.9 Å². The first-order chi connectivity index (χ1) is 13.8. The minimum absolute atomic E-state index is 0.0606. The van der Waals surface area contributed by atoms with Gasteiger partial charge in [0.25, 0.3) is 0 Å². The number of hydrogen-bond donors (Lipinski definition) is 0. The Balaban J connectivity index is 1.89. The van der Waals surface area contributed by atoms with Crippen molar-refractivity contribution in [1.82, 2.24) is 9.29 Å². The van der Waals surface area contributed by atoms with Gasteiger partial charge in [0.2, 0.25) is 10.0 Å². The summed E-state index contributed by atoms with van der Waals surface area (Å²) in [5.74, 6) is -1.14. The summed E-state index contributed by atoms with van der Waals surface area (Å²) in [5.41, 5.74) is 1.04. The summed E-state index contributed by atoms with van der Waals surface area (Å²) >= 11 is 0. The first-order valence-corrected chi connectivity index (χ1v) is 10.1. The van der Waals surface area contributed by atoms with Crippen LogP contribution < -0.4 is 0 Å². The molecule has 150 valence electrons. The van der Waals surface area contributed by atoms with E-state index in [1.54, 1.807) is 30.5 Å². The topological polar surface area (TPSA) is 76.6 Å². The van der Waals surface area contributed by atoms with E-state index in [2.05, 4.69) is 4.98 Å². The molecule has 0 amide bonds.